The molecule has 0 aliphatic heterocycles. The largest absolute Gasteiger partial charge is 0.382 e. The molecule has 1 aliphatic rings. The second-order valence-corrected chi connectivity index (χ2v) is 7.35. The van der Waals surface area contributed by atoms with Crippen molar-refractivity contribution in [2.24, 2.45) is 0 Å². The zero-order chi connectivity index (χ0) is 13.5. The number of hydrogen-bond donors (Lipinski definition) is 1. The third-order valence-corrected chi connectivity index (χ3v) is 5.89. The van der Waals surface area contributed by atoms with Crippen molar-refractivity contribution in [2.45, 2.75) is 30.7 Å². The first-order chi connectivity index (χ1) is 8.39. The fourth-order valence-corrected chi connectivity index (χ4v) is 4.19. The Morgan fingerprint density at radius 3 is 2.50 bits per heavy atom. The number of nitrogens with zero attached hydrogens (tertiary/aromatic N) is 3. The Balaban J connectivity index is 2.50. The van der Waals surface area contributed by atoms with Gasteiger partial charge >= 0.3 is 0 Å². The molecular formula is C10H18N4O2S2. The topological polar surface area (TPSA) is 79.5 Å². The SMILES string of the molecule is CCN(c1snc(N)c1S(=O)(=O)N(C)C)C1CC1. The van der Waals surface area contributed by atoms with Gasteiger partial charge in [0.25, 0.3) is 0 Å². The van der Waals surface area contributed by atoms with Gasteiger partial charge in [-0.3, -0.25) is 0 Å². The van der Waals surface area contributed by atoms with Crippen molar-refractivity contribution >= 4 is 32.4 Å². The summed E-state index contributed by atoms with van der Waals surface area (Å²) in [5.74, 6) is 0.0998. The summed E-state index contributed by atoms with van der Waals surface area (Å²) in [6.07, 6.45) is 2.21. The first-order valence-corrected chi connectivity index (χ1v) is 8.05. The molecule has 0 aromatic carbocycles. The lowest BCUT2D eigenvalue weighted by Crippen LogP contribution is -2.29. The van der Waals surface area contributed by atoms with E-state index >= 15 is 0 Å². The standard InChI is InChI=1S/C10H18N4O2S2/c1-4-14(7-5-6-7)10-8(9(11)12-17-10)18(15,16)13(2)3/h7H,4-6H2,1-3H3,(H2,11,12). The second kappa shape index (κ2) is 4.67. The van der Waals surface area contributed by atoms with Crippen LogP contribution in [-0.4, -0.2) is 43.8 Å². The Bertz CT molecular complexity index is 534. The number of hydrogen-bond acceptors (Lipinski definition) is 6. The Labute approximate surface area is 112 Å². The van der Waals surface area contributed by atoms with Gasteiger partial charge in [0.2, 0.25) is 10.0 Å². The Kier molecular flexibility index (Phi) is 3.52. The van der Waals surface area contributed by atoms with Crippen LogP contribution in [0.2, 0.25) is 0 Å². The molecule has 0 unspecified atom stereocenters. The molecule has 0 saturated heterocycles. The van der Waals surface area contributed by atoms with Crippen LogP contribution in [0.15, 0.2) is 4.90 Å². The number of anilines is 2. The van der Waals surface area contributed by atoms with Crippen LogP contribution in [0.25, 0.3) is 0 Å². The smallest absolute Gasteiger partial charge is 0.249 e. The van der Waals surface area contributed by atoms with Gasteiger partial charge in [0, 0.05) is 26.7 Å². The molecule has 102 valence electrons. The fourth-order valence-electron chi connectivity index (χ4n) is 1.85. The molecule has 0 bridgehead atoms. The van der Waals surface area contributed by atoms with Crippen molar-refractivity contribution in [1.29, 1.82) is 0 Å². The highest BCUT2D eigenvalue weighted by atomic mass is 32.2. The predicted octanol–water partition coefficient (Wildman–Crippen LogP) is 0.964. The first kappa shape index (κ1) is 13.6. The van der Waals surface area contributed by atoms with E-state index in [0.717, 1.165) is 19.4 Å². The van der Waals surface area contributed by atoms with Crippen LogP contribution in [0, 0.1) is 0 Å². The average molecular weight is 290 g/mol. The van der Waals surface area contributed by atoms with Crippen molar-refractivity contribution in [2.75, 3.05) is 31.3 Å². The van der Waals surface area contributed by atoms with Gasteiger partial charge in [-0.05, 0) is 31.3 Å². The molecule has 1 aromatic heterocycles. The van der Waals surface area contributed by atoms with Crippen molar-refractivity contribution < 1.29 is 8.42 Å². The lowest BCUT2D eigenvalue weighted by Gasteiger charge is -2.22. The molecule has 0 atom stereocenters. The average Bonchev–Trinajstić information content (AvgIpc) is 3.03. The monoisotopic (exact) mass is 290 g/mol. The van der Waals surface area contributed by atoms with Crippen LogP contribution < -0.4 is 10.6 Å². The Morgan fingerprint density at radius 2 is 2.06 bits per heavy atom. The quantitative estimate of drug-likeness (QED) is 0.874. The molecule has 6 nitrogen and oxygen atoms in total. The van der Waals surface area contributed by atoms with Crippen LogP contribution in [0.1, 0.15) is 19.8 Å². The maximum Gasteiger partial charge on any atom is 0.249 e. The van der Waals surface area contributed by atoms with Gasteiger partial charge in [-0.2, -0.15) is 4.37 Å². The van der Waals surface area contributed by atoms with Gasteiger partial charge in [-0.15, -0.1) is 0 Å². The minimum atomic E-state index is -3.54. The van der Waals surface area contributed by atoms with Crippen LogP contribution in [0.3, 0.4) is 0 Å². The minimum absolute atomic E-state index is 0.0998. The van der Waals surface area contributed by atoms with Gasteiger partial charge in [0.05, 0.1) is 0 Å². The van der Waals surface area contributed by atoms with Crippen molar-refractivity contribution in [3.63, 3.8) is 0 Å². The Morgan fingerprint density at radius 1 is 1.44 bits per heavy atom. The highest BCUT2D eigenvalue weighted by Crippen LogP contribution is 2.41. The summed E-state index contributed by atoms with van der Waals surface area (Å²) in [7, 11) is -0.534. The highest BCUT2D eigenvalue weighted by molar-refractivity contribution is 7.89. The number of rotatable bonds is 5. The van der Waals surface area contributed by atoms with E-state index in [-0.39, 0.29) is 10.7 Å². The zero-order valence-electron chi connectivity index (χ0n) is 10.8. The highest BCUT2D eigenvalue weighted by Gasteiger charge is 2.35. The number of aromatic nitrogens is 1. The molecule has 8 heteroatoms. The number of nitrogen functional groups attached to an aromatic ring is 1. The summed E-state index contributed by atoms with van der Waals surface area (Å²) >= 11 is 1.17. The molecule has 1 heterocycles. The molecule has 0 radical (unpaired) electrons. The lowest BCUT2D eigenvalue weighted by atomic mass is 10.4. The van der Waals surface area contributed by atoms with E-state index in [1.165, 1.54) is 29.9 Å². The summed E-state index contributed by atoms with van der Waals surface area (Å²) in [6.45, 7) is 2.78. The van der Waals surface area contributed by atoms with Crippen LogP contribution in [0.5, 0.6) is 0 Å². The molecule has 1 fully saturated rings. The molecule has 1 saturated carbocycles. The molecule has 2 rings (SSSR count). The molecule has 2 N–H and O–H groups in total. The van der Waals surface area contributed by atoms with E-state index in [0.29, 0.717) is 11.0 Å². The molecule has 0 spiro atoms. The molecule has 18 heavy (non-hydrogen) atoms. The Hall–Kier alpha value is -0.860. The van der Waals surface area contributed by atoms with E-state index in [1.54, 1.807) is 0 Å². The van der Waals surface area contributed by atoms with E-state index < -0.39 is 10.0 Å². The van der Waals surface area contributed by atoms with Gasteiger partial charge < -0.3 is 10.6 Å². The minimum Gasteiger partial charge on any atom is -0.382 e. The zero-order valence-corrected chi connectivity index (χ0v) is 12.4. The van der Waals surface area contributed by atoms with E-state index in [1.807, 2.05) is 6.92 Å². The third kappa shape index (κ3) is 2.19. The van der Waals surface area contributed by atoms with Crippen molar-refractivity contribution in [3.05, 3.63) is 0 Å². The lowest BCUT2D eigenvalue weighted by molar-refractivity contribution is 0.521. The summed E-state index contributed by atoms with van der Waals surface area (Å²) in [4.78, 5) is 2.25. The maximum absolute atomic E-state index is 12.3. The van der Waals surface area contributed by atoms with Gasteiger partial charge in [-0.25, -0.2) is 12.7 Å². The van der Waals surface area contributed by atoms with Crippen LogP contribution >= 0.6 is 11.5 Å². The molecule has 1 aliphatic carbocycles. The predicted molar refractivity (Wildman–Crippen MR) is 73.4 cm³/mol. The van der Waals surface area contributed by atoms with E-state index in [9.17, 15) is 8.42 Å². The van der Waals surface area contributed by atoms with E-state index in [2.05, 4.69) is 9.27 Å². The van der Waals surface area contributed by atoms with Crippen LogP contribution in [0.4, 0.5) is 10.8 Å². The third-order valence-electron chi connectivity index (χ3n) is 2.99. The van der Waals surface area contributed by atoms with Crippen LogP contribution in [-0.2, 0) is 10.0 Å². The van der Waals surface area contributed by atoms with Crippen molar-refractivity contribution in [1.82, 2.24) is 8.68 Å². The summed E-state index contributed by atoms with van der Waals surface area (Å²) in [5.41, 5.74) is 5.75. The second-order valence-electron chi connectivity index (χ2n) is 4.51. The fraction of sp³-hybridized carbons (Fsp3) is 0.700. The first-order valence-electron chi connectivity index (χ1n) is 5.84. The summed E-state index contributed by atoms with van der Waals surface area (Å²) < 4.78 is 29.8. The molecular weight excluding hydrogens is 272 g/mol. The number of sulfonamides is 1. The van der Waals surface area contributed by atoms with E-state index in [4.69, 9.17) is 5.73 Å². The summed E-state index contributed by atoms with van der Waals surface area (Å²) in [6, 6.07) is 0.436. The summed E-state index contributed by atoms with van der Waals surface area (Å²) in [5, 5.41) is 0.672. The molecule has 1 aromatic rings. The van der Waals surface area contributed by atoms with Gasteiger partial charge in [-0.1, -0.05) is 0 Å². The van der Waals surface area contributed by atoms with Gasteiger partial charge in [0.1, 0.15) is 5.00 Å². The number of nitrogens with two attached hydrogens (primary N) is 1. The molecule has 0 amide bonds. The van der Waals surface area contributed by atoms with Crippen molar-refractivity contribution in [3.8, 4) is 0 Å². The maximum atomic E-state index is 12.3. The normalized spacial score (nSPS) is 16.2. The van der Waals surface area contributed by atoms with Gasteiger partial charge in [0.15, 0.2) is 10.7 Å².